The Hall–Kier alpha value is -1.95. The first-order chi connectivity index (χ1) is 9.82. The topological polar surface area (TPSA) is 79.3 Å². The third-order valence-electron chi connectivity index (χ3n) is 3.46. The summed E-state index contributed by atoms with van der Waals surface area (Å²) >= 11 is 1.30. The molecule has 1 amide bonds. The van der Waals surface area contributed by atoms with Crippen LogP contribution in [0.3, 0.4) is 0 Å². The van der Waals surface area contributed by atoms with Crippen LogP contribution in [-0.2, 0) is 4.79 Å². The minimum absolute atomic E-state index is 0.180. The van der Waals surface area contributed by atoms with Crippen LogP contribution >= 0.6 is 11.3 Å². The standard InChI is InChI=1S/C15H18N2O3S/c1-7(2)11(15(19)20)17-13(18)12-9(4)10-8(3)5-6-16-14(10)21-12/h5-7,11H,1-4H3,(H,17,18)(H,19,20)/t11-/m1/s1. The number of pyridine rings is 1. The second-order valence-corrected chi connectivity index (χ2v) is 6.40. The summed E-state index contributed by atoms with van der Waals surface area (Å²) in [5.41, 5.74) is 1.91. The van der Waals surface area contributed by atoms with Crippen LogP contribution in [0.4, 0.5) is 0 Å². The molecule has 0 saturated carbocycles. The Morgan fingerprint density at radius 1 is 1.33 bits per heavy atom. The van der Waals surface area contributed by atoms with Gasteiger partial charge in [-0.2, -0.15) is 0 Å². The van der Waals surface area contributed by atoms with Gasteiger partial charge in [-0.05, 0) is 37.0 Å². The highest BCUT2D eigenvalue weighted by molar-refractivity contribution is 7.20. The van der Waals surface area contributed by atoms with Crippen LogP contribution in [0.25, 0.3) is 10.2 Å². The van der Waals surface area contributed by atoms with E-state index in [4.69, 9.17) is 5.11 Å². The van der Waals surface area contributed by atoms with Crippen molar-refractivity contribution in [1.82, 2.24) is 10.3 Å². The summed E-state index contributed by atoms with van der Waals surface area (Å²) in [4.78, 5) is 29.2. The lowest BCUT2D eigenvalue weighted by molar-refractivity contribution is -0.140. The molecule has 0 fully saturated rings. The van der Waals surface area contributed by atoms with Gasteiger partial charge in [-0.25, -0.2) is 9.78 Å². The second-order valence-electron chi connectivity index (χ2n) is 5.40. The molecule has 0 saturated heterocycles. The molecule has 6 heteroatoms. The first kappa shape index (κ1) is 15.4. The summed E-state index contributed by atoms with van der Waals surface area (Å²) in [5.74, 6) is -1.55. The Bertz CT molecular complexity index is 706. The zero-order chi connectivity index (χ0) is 15.7. The molecule has 0 aliphatic heterocycles. The zero-order valence-electron chi connectivity index (χ0n) is 12.4. The molecule has 1 atom stereocenters. The van der Waals surface area contributed by atoms with Gasteiger partial charge in [0.2, 0.25) is 0 Å². The minimum atomic E-state index is -1.02. The number of hydrogen-bond donors (Lipinski definition) is 2. The number of nitrogens with zero attached hydrogens (tertiary/aromatic N) is 1. The maximum absolute atomic E-state index is 12.4. The van der Waals surface area contributed by atoms with Crippen molar-refractivity contribution in [3.05, 3.63) is 28.3 Å². The third kappa shape index (κ3) is 2.90. The van der Waals surface area contributed by atoms with Gasteiger partial charge in [0, 0.05) is 11.6 Å². The van der Waals surface area contributed by atoms with Gasteiger partial charge >= 0.3 is 5.97 Å². The average molecular weight is 306 g/mol. The van der Waals surface area contributed by atoms with Crippen LogP contribution in [0.2, 0.25) is 0 Å². The first-order valence-electron chi connectivity index (χ1n) is 6.71. The molecule has 0 radical (unpaired) electrons. The Balaban J connectivity index is 2.38. The van der Waals surface area contributed by atoms with Gasteiger partial charge in [0.25, 0.3) is 5.91 Å². The van der Waals surface area contributed by atoms with Gasteiger partial charge in [-0.3, -0.25) is 4.79 Å². The number of aromatic nitrogens is 1. The summed E-state index contributed by atoms with van der Waals surface area (Å²) < 4.78 is 0. The number of carboxylic acids is 1. The number of carbonyl (C=O) groups excluding carboxylic acids is 1. The smallest absolute Gasteiger partial charge is 0.326 e. The molecule has 2 aromatic heterocycles. The minimum Gasteiger partial charge on any atom is -0.480 e. The quantitative estimate of drug-likeness (QED) is 0.910. The van der Waals surface area contributed by atoms with Gasteiger partial charge in [-0.1, -0.05) is 13.8 Å². The number of amides is 1. The molecule has 5 nitrogen and oxygen atoms in total. The number of fused-ring (bicyclic) bond motifs is 1. The highest BCUT2D eigenvalue weighted by atomic mass is 32.1. The van der Waals surface area contributed by atoms with Crippen LogP contribution in [0.15, 0.2) is 12.3 Å². The van der Waals surface area contributed by atoms with Crippen LogP contribution in [0.5, 0.6) is 0 Å². The monoisotopic (exact) mass is 306 g/mol. The number of nitrogens with one attached hydrogen (secondary N) is 1. The lowest BCUT2D eigenvalue weighted by atomic mass is 10.0. The largest absolute Gasteiger partial charge is 0.480 e. The number of rotatable bonds is 4. The van der Waals surface area contributed by atoms with Crippen LogP contribution in [0.1, 0.15) is 34.6 Å². The SMILES string of the molecule is Cc1ccnc2sc(C(=O)N[C@@H](C(=O)O)C(C)C)c(C)c12. The Morgan fingerprint density at radius 3 is 2.52 bits per heavy atom. The van der Waals surface area contributed by atoms with Crippen LogP contribution in [0, 0.1) is 19.8 Å². The zero-order valence-corrected chi connectivity index (χ0v) is 13.2. The number of thiophene rings is 1. The van der Waals surface area contributed by atoms with Crippen molar-refractivity contribution in [2.24, 2.45) is 5.92 Å². The fraction of sp³-hybridized carbons (Fsp3) is 0.400. The van der Waals surface area contributed by atoms with Crippen molar-refractivity contribution in [3.8, 4) is 0 Å². The van der Waals surface area contributed by atoms with E-state index in [0.717, 1.165) is 21.3 Å². The van der Waals surface area contributed by atoms with E-state index in [1.165, 1.54) is 11.3 Å². The predicted molar refractivity (Wildman–Crippen MR) is 82.8 cm³/mol. The molecular weight excluding hydrogens is 288 g/mol. The molecule has 21 heavy (non-hydrogen) atoms. The molecule has 2 N–H and O–H groups in total. The van der Waals surface area contributed by atoms with Gasteiger partial charge < -0.3 is 10.4 Å². The molecule has 0 aliphatic rings. The molecule has 0 unspecified atom stereocenters. The molecule has 2 heterocycles. The van der Waals surface area contributed by atoms with Crippen molar-refractivity contribution in [1.29, 1.82) is 0 Å². The molecule has 112 valence electrons. The highest BCUT2D eigenvalue weighted by Gasteiger charge is 2.26. The number of carboxylic acid groups (broad SMARTS) is 1. The fourth-order valence-corrected chi connectivity index (χ4v) is 3.42. The van der Waals surface area contributed by atoms with E-state index in [-0.39, 0.29) is 11.8 Å². The van der Waals surface area contributed by atoms with Crippen LogP contribution in [-0.4, -0.2) is 28.0 Å². The number of hydrogen-bond acceptors (Lipinski definition) is 4. The third-order valence-corrected chi connectivity index (χ3v) is 4.66. The number of aryl methyl sites for hydroxylation is 2. The van der Waals surface area contributed by atoms with Crippen LogP contribution < -0.4 is 5.32 Å². The summed E-state index contributed by atoms with van der Waals surface area (Å²) in [6.45, 7) is 7.37. The van der Waals surface area contributed by atoms with E-state index < -0.39 is 12.0 Å². The second kappa shape index (κ2) is 5.81. The van der Waals surface area contributed by atoms with Crippen molar-refractivity contribution in [2.45, 2.75) is 33.7 Å². The van der Waals surface area contributed by atoms with Gasteiger partial charge in [0.05, 0.1) is 4.88 Å². The fourth-order valence-electron chi connectivity index (χ4n) is 2.29. The average Bonchev–Trinajstić information content (AvgIpc) is 2.73. The normalized spacial score (nSPS) is 12.6. The number of carbonyl (C=O) groups is 2. The summed E-state index contributed by atoms with van der Waals surface area (Å²) in [6.07, 6.45) is 1.71. The van der Waals surface area contributed by atoms with Crippen molar-refractivity contribution >= 4 is 33.4 Å². The van der Waals surface area contributed by atoms with E-state index in [2.05, 4.69) is 10.3 Å². The molecule has 0 spiro atoms. The van der Waals surface area contributed by atoms with Crippen molar-refractivity contribution < 1.29 is 14.7 Å². The van der Waals surface area contributed by atoms with E-state index >= 15 is 0 Å². The Labute approximate surface area is 127 Å². The molecule has 0 aromatic carbocycles. The van der Waals surface area contributed by atoms with E-state index in [1.807, 2.05) is 19.9 Å². The van der Waals surface area contributed by atoms with Gasteiger partial charge in [-0.15, -0.1) is 11.3 Å². The summed E-state index contributed by atoms with van der Waals surface area (Å²) in [7, 11) is 0. The van der Waals surface area contributed by atoms with E-state index in [1.54, 1.807) is 20.0 Å². The molecule has 0 aliphatic carbocycles. The Kier molecular flexibility index (Phi) is 4.27. The molecular formula is C15H18N2O3S. The number of aliphatic carboxylic acids is 1. The van der Waals surface area contributed by atoms with E-state index in [0.29, 0.717) is 4.88 Å². The summed E-state index contributed by atoms with van der Waals surface area (Å²) in [6, 6.07) is 1.01. The predicted octanol–water partition coefficient (Wildman–Crippen LogP) is 2.75. The van der Waals surface area contributed by atoms with Gasteiger partial charge in [0.15, 0.2) is 0 Å². The lowest BCUT2D eigenvalue weighted by Crippen LogP contribution is -2.44. The van der Waals surface area contributed by atoms with Gasteiger partial charge in [0.1, 0.15) is 10.9 Å². The maximum Gasteiger partial charge on any atom is 0.326 e. The molecule has 0 bridgehead atoms. The van der Waals surface area contributed by atoms with E-state index in [9.17, 15) is 9.59 Å². The van der Waals surface area contributed by atoms with Crippen molar-refractivity contribution in [2.75, 3.05) is 0 Å². The molecule has 2 aromatic rings. The summed E-state index contributed by atoms with van der Waals surface area (Å²) in [5, 5.41) is 12.7. The Morgan fingerprint density at radius 2 is 2.00 bits per heavy atom. The molecule has 2 rings (SSSR count). The maximum atomic E-state index is 12.4. The lowest BCUT2D eigenvalue weighted by Gasteiger charge is -2.17. The highest BCUT2D eigenvalue weighted by Crippen LogP contribution is 2.31. The first-order valence-corrected chi connectivity index (χ1v) is 7.53. The van der Waals surface area contributed by atoms with Crippen molar-refractivity contribution in [3.63, 3.8) is 0 Å².